The Balaban J connectivity index is 1.85. The minimum atomic E-state index is -0.0928. The summed E-state index contributed by atoms with van der Waals surface area (Å²) >= 11 is 0. The zero-order valence-corrected chi connectivity index (χ0v) is 13.6. The van der Waals surface area contributed by atoms with Crippen LogP contribution in [0.1, 0.15) is 11.1 Å². The first-order valence-corrected chi connectivity index (χ1v) is 7.53. The summed E-state index contributed by atoms with van der Waals surface area (Å²) in [7, 11) is 0. The largest absolute Gasteiger partial charge is 0.490 e. The third-order valence-electron chi connectivity index (χ3n) is 3.33. The molecule has 0 aliphatic heterocycles. The Labute approximate surface area is 137 Å². The Kier molecular flexibility index (Phi) is 5.80. The minimum Gasteiger partial charge on any atom is -0.490 e. The van der Waals surface area contributed by atoms with Gasteiger partial charge in [-0.1, -0.05) is 30.4 Å². The van der Waals surface area contributed by atoms with Gasteiger partial charge >= 0.3 is 0 Å². The van der Waals surface area contributed by atoms with Crippen molar-refractivity contribution >= 4 is 17.3 Å². The summed E-state index contributed by atoms with van der Waals surface area (Å²) in [6, 6.07) is 13.4. The smallest absolute Gasteiger partial charge is 0.243 e. The second-order valence-corrected chi connectivity index (χ2v) is 5.34. The van der Waals surface area contributed by atoms with Crippen molar-refractivity contribution in [3.8, 4) is 5.75 Å². The van der Waals surface area contributed by atoms with E-state index in [4.69, 9.17) is 4.74 Å². The molecule has 0 atom stereocenters. The van der Waals surface area contributed by atoms with Crippen LogP contribution in [0.25, 0.3) is 0 Å². The van der Waals surface area contributed by atoms with Crippen LogP contribution in [0.5, 0.6) is 5.75 Å². The lowest BCUT2D eigenvalue weighted by Gasteiger charge is -2.11. The van der Waals surface area contributed by atoms with Gasteiger partial charge in [-0.2, -0.15) is 0 Å². The molecule has 2 aromatic carbocycles. The quantitative estimate of drug-likeness (QED) is 0.762. The number of nitrogens with one attached hydrogen (secondary N) is 2. The zero-order valence-electron chi connectivity index (χ0n) is 13.6. The summed E-state index contributed by atoms with van der Waals surface area (Å²) in [6.45, 7) is 8.36. The van der Waals surface area contributed by atoms with E-state index in [9.17, 15) is 4.79 Å². The van der Waals surface area contributed by atoms with Gasteiger partial charge in [0.15, 0.2) is 0 Å². The maximum atomic E-state index is 12.0. The number of carbonyl (C=O) groups excluding carboxylic acids is 1. The number of anilines is 2. The van der Waals surface area contributed by atoms with E-state index in [0.717, 1.165) is 22.7 Å². The summed E-state index contributed by atoms with van der Waals surface area (Å²) in [4.78, 5) is 12.0. The van der Waals surface area contributed by atoms with Gasteiger partial charge < -0.3 is 15.4 Å². The predicted molar refractivity (Wildman–Crippen MR) is 95.2 cm³/mol. The molecule has 0 radical (unpaired) electrons. The number of ether oxygens (including phenoxy) is 1. The number of carbonyl (C=O) groups is 1. The van der Waals surface area contributed by atoms with E-state index in [1.807, 2.05) is 50.2 Å². The monoisotopic (exact) mass is 310 g/mol. The number of amides is 1. The average molecular weight is 310 g/mol. The summed E-state index contributed by atoms with van der Waals surface area (Å²) in [5, 5.41) is 6.00. The molecular formula is C19H22N2O2. The number of benzene rings is 2. The van der Waals surface area contributed by atoms with Crippen LogP contribution < -0.4 is 15.4 Å². The van der Waals surface area contributed by atoms with Crippen molar-refractivity contribution in [3.05, 3.63) is 66.2 Å². The molecule has 0 saturated heterocycles. The Hall–Kier alpha value is -2.75. The summed E-state index contributed by atoms with van der Waals surface area (Å²) < 4.78 is 5.40. The standard InChI is InChI=1S/C19H22N2O2/c1-4-11-23-17-8-6-16(7-9-17)21-19(22)13-20-18-10-5-14(2)12-15(18)3/h4-10,12,20H,1,11,13H2,2-3H3,(H,21,22). The van der Waals surface area contributed by atoms with E-state index >= 15 is 0 Å². The third-order valence-corrected chi connectivity index (χ3v) is 3.33. The predicted octanol–water partition coefficient (Wildman–Crippen LogP) is 3.92. The molecule has 2 rings (SSSR count). The highest BCUT2D eigenvalue weighted by Gasteiger charge is 2.04. The second-order valence-electron chi connectivity index (χ2n) is 5.34. The van der Waals surface area contributed by atoms with Crippen LogP contribution in [0, 0.1) is 13.8 Å². The van der Waals surface area contributed by atoms with Gasteiger partial charge in [-0.05, 0) is 49.7 Å². The highest BCUT2D eigenvalue weighted by Crippen LogP contribution is 2.17. The van der Waals surface area contributed by atoms with Crippen LogP contribution in [-0.2, 0) is 4.79 Å². The number of hydrogen-bond acceptors (Lipinski definition) is 3. The summed E-state index contributed by atoms with van der Waals surface area (Å²) in [6.07, 6.45) is 1.69. The molecule has 23 heavy (non-hydrogen) atoms. The van der Waals surface area contributed by atoms with Crippen molar-refractivity contribution < 1.29 is 9.53 Å². The molecule has 0 spiro atoms. The molecule has 0 fully saturated rings. The van der Waals surface area contributed by atoms with Gasteiger partial charge in [0.1, 0.15) is 12.4 Å². The van der Waals surface area contributed by atoms with Crippen LogP contribution in [-0.4, -0.2) is 19.1 Å². The molecule has 0 unspecified atom stereocenters. The molecule has 120 valence electrons. The lowest BCUT2D eigenvalue weighted by Crippen LogP contribution is -2.22. The van der Waals surface area contributed by atoms with Crippen molar-refractivity contribution in [2.45, 2.75) is 13.8 Å². The Morgan fingerprint density at radius 2 is 1.91 bits per heavy atom. The highest BCUT2D eigenvalue weighted by atomic mass is 16.5. The van der Waals surface area contributed by atoms with Gasteiger partial charge in [-0.15, -0.1) is 0 Å². The van der Waals surface area contributed by atoms with Crippen LogP contribution >= 0.6 is 0 Å². The molecule has 4 nitrogen and oxygen atoms in total. The van der Waals surface area contributed by atoms with Crippen molar-refractivity contribution in [2.24, 2.45) is 0 Å². The fraction of sp³-hybridized carbons (Fsp3) is 0.211. The molecule has 1 amide bonds. The van der Waals surface area contributed by atoms with E-state index in [1.165, 1.54) is 5.56 Å². The van der Waals surface area contributed by atoms with Gasteiger partial charge in [-0.25, -0.2) is 0 Å². The molecule has 2 aromatic rings. The van der Waals surface area contributed by atoms with Crippen molar-refractivity contribution in [1.29, 1.82) is 0 Å². The van der Waals surface area contributed by atoms with Crippen molar-refractivity contribution in [3.63, 3.8) is 0 Å². The fourth-order valence-corrected chi connectivity index (χ4v) is 2.18. The number of rotatable bonds is 7. The molecule has 0 aliphatic carbocycles. The van der Waals surface area contributed by atoms with E-state index < -0.39 is 0 Å². The van der Waals surface area contributed by atoms with Gasteiger partial charge in [0.05, 0.1) is 6.54 Å². The Bertz CT molecular complexity index is 678. The number of aryl methyl sites for hydroxylation is 2. The molecular weight excluding hydrogens is 288 g/mol. The van der Waals surface area contributed by atoms with E-state index in [0.29, 0.717) is 6.61 Å². The molecule has 0 saturated carbocycles. The summed E-state index contributed by atoms with van der Waals surface area (Å²) in [5.74, 6) is 0.654. The van der Waals surface area contributed by atoms with Crippen LogP contribution in [0.15, 0.2) is 55.1 Å². The Morgan fingerprint density at radius 3 is 2.57 bits per heavy atom. The topological polar surface area (TPSA) is 50.4 Å². The van der Waals surface area contributed by atoms with Crippen molar-refractivity contribution in [2.75, 3.05) is 23.8 Å². The first-order valence-electron chi connectivity index (χ1n) is 7.53. The first-order chi connectivity index (χ1) is 11.1. The minimum absolute atomic E-state index is 0.0928. The third kappa shape index (κ3) is 5.18. The number of hydrogen-bond donors (Lipinski definition) is 2. The van der Waals surface area contributed by atoms with Gasteiger partial charge in [0, 0.05) is 11.4 Å². The maximum Gasteiger partial charge on any atom is 0.243 e. The average Bonchev–Trinajstić information content (AvgIpc) is 2.53. The molecule has 0 aliphatic rings. The zero-order chi connectivity index (χ0) is 16.7. The second kappa shape index (κ2) is 8.03. The van der Waals surface area contributed by atoms with E-state index in [1.54, 1.807) is 6.08 Å². The Morgan fingerprint density at radius 1 is 1.17 bits per heavy atom. The summed E-state index contributed by atoms with van der Waals surface area (Å²) in [5.41, 5.74) is 4.04. The molecule has 0 bridgehead atoms. The van der Waals surface area contributed by atoms with Gasteiger partial charge in [-0.3, -0.25) is 4.79 Å². The molecule has 4 heteroatoms. The van der Waals surface area contributed by atoms with Crippen LogP contribution in [0.4, 0.5) is 11.4 Å². The highest BCUT2D eigenvalue weighted by molar-refractivity contribution is 5.93. The first kappa shape index (κ1) is 16.6. The molecule has 2 N–H and O–H groups in total. The fourth-order valence-electron chi connectivity index (χ4n) is 2.18. The lowest BCUT2D eigenvalue weighted by atomic mass is 10.1. The lowest BCUT2D eigenvalue weighted by molar-refractivity contribution is -0.114. The maximum absolute atomic E-state index is 12.0. The SMILES string of the molecule is C=CCOc1ccc(NC(=O)CNc2ccc(C)cc2C)cc1. The van der Waals surface area contributed by atoms with Gasteiger partial charge in [0.2, 0.25) is 5.91 Å². The molecule has 0 aromatic heterocycles. The normalized spacial score (nSPS) is 10.0. The van der Waals surface area contributed by atoms with Crippen molar-refractivity contribution in [1.82, 2.24) is 0 Å². The van der Waals surface area contributed by atoms with Gasteiger partial charge in [0.25, 0.3) is 0 Å². The van der Waals surface area contributed by atoms with E-state index in [-0.39, 0.29) is 12.5 Å². The van der Waals surface area contributed by atoms with Crippen LogP contribution in [0.3, 0.4) is 0 Å². The molecule has 0 heterocycles. The van der Waals surface area contributed by atoms with Crippen LogP contribution in [0.2, 0.25) is 0 Å². The van der Waals surface area contributed by atoms with E-state index in [2.05, 4.69) is 23.3 Å².